The fourth-order valence-electron chi connectivity index (χ4n) is 2.75. The number of urea groups is 1. The van der Waals surface area contributed by atoms with Crippen LogP contribution in [0.4, 0.5) is 20.7 Å². The lowest BCUT2D eigenvalue weighted by Gasteiger charge is -2.29. The molecule has 1 saturated heterocycles. The number of hydrogen-bond acceptors (Lipinski definition) is 5. The third kappa shape index (κ3) is 3.96. The standard InChI is InChI=1S/C16H20ClN5OS/c1-10-5-4-8-22(9-10)16-21-20-15(24-16)19-14(23)18-13-7-3-6-12(17)11(13)2/h3,6-7,10H,4-5,8-9H2,1-2H3,(H2,18,19,20,23). The summed E-state index contributed by atoms with van der Waals surface area (Å²) >= 11 is 7.45. The smallest absolute Gasteiger partial charge is 0.325 e. The summed E-state index contributed by atoms with van der Waals surface area (Å²) in [4.78, 5) is 14.4. The topological polar surface area (TPSA) is 70.1 Å². The zero-order valence-corrected chi connectivity index (χ0v) is 15.2. The number of hydrogen-bond donors (Lipinski definition) is 2. The molecule has 1 aromatic carbocycles. The van der Waals surface area contributed by atoms with Crippen molar-refractivity contribution >= 4 is 44.9 Å². The van der Waals surface area contributed by atoms with E-state index in [-0.39, 0.29) is 6.03 Å². The van der Waals surface area contributed by atoms with Gasteiger partial charge in [-0.15, -0.1) is 10.2 Å². The van der Waals surface area contributed by atoms with Gasteiger partial charge in [-0.25, -0.2) is 4.79 Å². The molecule has 1 aliphatic heterocycles. The summed E-state index contributed by atoms with van der Waals surface area (Å²) in [6.45, 7) is 6.08. The van der Waals surface area contributed by atoms with Gasteiger partial charge in [-0.3, -0.25) is 5.32 Å². The largest absolute Gasteiger partial charge is 0.346 e. The van der Waals surface area contributed by atoms with E-state index in [1.807, 2.05) is 6.92 Å². The van der Waals surface area contributed by atoms with Crippen molar-refractivity contribution in [1.29, 1.82) is 0 Å². The fourth-order valence-corrected chi connectivity index (χ4v) is 3.70. The molecule has 1 unspecified atom stereocenters. The number of halogens is 1. The Morgan fingerprint density at radius 1 is 1.38 bits per heavy atom. The van der Waals surface area contributed by atoms with Crippen LogP contribution in [0.25, 0.3) is 0 Å². The van der Waals surface area contributed by atoms with Gasteiger partial charge in [0.2, 0.25) is 10.3 Å². The molecular formula is C16H20ClN5OS. The van der Waals surface area contributed by atoms with E-state index in [1.54, 1.807) is 18.2 Å². The number of rotatable bonds is 3. The maximum atomic E-state index is 12.1. The number of amides is 2. The van der Waals surface area contributed by atoms with Crippen molar-refractivity contribution in [2.75, 3.05) is 28.6 Å². The van der Waals surface area contributed by atoms with Crippen molar-refractivity contribution in [3.05, 3.63) is 28.8 Å². The summed E-state index contributed by atoms with van der Waals surface area (Å²) in [5, 5.41) is 15.7. The van der Waals surface area contributed by atoms with Crippen LogP contribution < -0.4 is 15.5 Å². The Hall–Kier alpha value is -1.86. The molecule has 3 rings (SSSR count). The first kappa shape index (κ1) is 17.0. The van der Waals surface area contributed by atoms with E-state index in [2.05, 4.69) is 32.7 Å². The Balaban J connectivity index is 1.62. The molecule has 2 aromatic rings. The molecule has 1 atom stereocenters. The van der Waals surface area contributed by atoms with E-state index in [9.17, 15) is 4.79 Å². The molecule has 2 heterocycles. The quantitative estimate of drug-likeness (QED) is 0.846. The van der Waals surface area contributed by atoms with E-state index < -0.39 is 0 Å². The maximum Gasteiger partial charge on any atom is 0.325 e. The van der Waals surface area contributed by atoms with Gasteiger partial charge in [0.05, 0.1) is 0 Å². The van der Waals surface area contributed by atoms with E-state index in [4.69, 9.17) is 11.6 Å². The predicted octanol–water partition coefficient (Wildman–Crippen LogP) is 4.38. The van der Waals surface area contributed by atoms with Crippen molar-refractivity contribution in [2.45, 2.75) is 26.7 Å². The fraction of sp³-hybridized carbons (Fsp3) is 0.438. The number of anilines is 3. The summed E-state index contributed by atoms with van der Waals surface area (Å²) < 4.78 is 0. The highest BCUT2D eigenvalue weighted by Gasteiger charge is 2.20. The molecule has 6 nitrogen and oxygen atoms in total. The summed E-state index contributed by atoms with van der Waals surface area (Å²) in [7, 11) is 0. The zero-order valence-electron chi connectivity index (χ0n) is 13.7. The van der Waals surface area contributed by atoms with Gasteiger partial charge in [-0.2, -0.15) is 0 Å². The van der Waals surface area contributed by atoms with Crippen LogP contribution in [0.5, 0.6) is 0 Å². The molecule has 0 saturated carbocycles. The monoisotopic (exact) mass is 365 g/mol. The van der Waals surface area contributed by atoms with E-state index in [0.29, 0.717) is 21.8 Å². The van der Waals surface area contributed by atoms with Gasteiger partial charge < -0.3 is 10.2 Å². The Morgan fingerprint density at radius 2 is 2.21 bits per heavy atom. The maximum absolute atomic E-state index is 12.1. The van der Waals surface area contributed by atoms with Crippen LogP contribution in [0, 0.1) is 12.8 Å². The van der Waals surface area contributed by atoms with Crippen LogP contribution in [0.15, 0.2) is 18.2 Å². The number of carbonyl (C=O) groups excluding carboxylic acids is 1. The van der Waals surface area contributed by atoms with Gasteiger partial charge in [0.25, 0.3) is 0 Å². The third-order valence-electron chi connectivity index (χ3n) is 4.08. The molecule has 1 aliphatic rings. The molecule has 24 heavy (non-hydrogen) atoms. The Morgan fingerprint density at radius 3 is 3.00 bits per heavy atom. The first-order valence-corrected chi connectivity index (χ1v) is 9.14. The molecule has 0 spiro atoms. The number of aromatic nitrogens is 2. The van der Waals surface area contributed by atoms with Gasteiger partial charge >= 0.3 is 6.03 Å². The van der Waals surface area contributed by atoms with Crippen LogP contribution in [0.3, 0.4) is 0 Å². The molecule has 1 fully saturated rings. The van der Waals surface area contributed by atoms with Crippen LogP contribution in [0.1, 0.15) is 25.3 Å². The lowest BCUT2D eigenvalue weighted by atomic mass is 10.0. The molecule has 0 bridgehead atoms. The number of nitrogens with zero attached hydrogens (tertiary/aromatic N) is 3. The summed E-state index contributed by atoms with van der Waals surface area (Å²) in [5.41, 5.74) is 1.50. The van der Waals surface area contributed by atoms with E-state index in [1.165, 1.54) is 17.8 Å². The molecule has 128 valence electrons. The Kier molecular flexibility index (Phi) is 5.20. The molecular weight excluding hydrogens is 346 g/mol. The van der Waals surface area contributed by atoms with Crippen LogP contribution in [0.2, 0.25) is 5.02 Å². The van der Waals surface area contributed by atoms with Crippen molar-refractivity contribution in [1.82, 2.24) is 10.2 Å². The normalized spacial score (nSPS) is 17.6. The highest BCUT2D eigenvalue weighted by Crippen LogP contribution is 2.28. The molecule has 1 aromatic heterocycles. The van der Waals surface area contributed by atoms with Crippen molar-refractivity contribution in [3.63, 3.8) is 0 Å². The predicted molar refractivity (Wildman–Crippen MR) is 99.4 cm³/mol. The van der Waals surface area contributed by atoms with Crippen molar-refractivity contribution in [2.24, 2.45) is 5.92 Å². The Labute approximate surface area is 150 Å². The Bertz CT molecular complexity index is 735. The average Bonchev–Trinajstić information content (AvgIpc) is 3.00. The van der Waals surface area contributed by atoms with Crippen LogP contribution >= 0.6 is 22.9 Å². The molecule has 2 N–H and O–H groups in total. The number of benzene rings is 1. The minimum atomic E-state index is -0.352. The number of piperidine rings is 1. The second-order valence-electron chi connectivity index (χ2n) is 6.07. The highest BCUT2D eigenvalue weighted by atomic mass is 35.5. The molecule has 2 amide bonds. The van der Waals surface area contributed by atoms with Gasteiger partial charge in [0, 0.05) is 23.8 Å². The average molecular weight is 366 g/mol. The first-order valence-electron chi connectivity index (χ1n) is 7.94. The zero-order chi connectivity index (χ0) is 17.1. The first-order chi connectivity index (χ1) is 11.5. The van der Waals surface area contributed by atoms with Gasteiger partial charge in [0.15, 0.2) is 0 Å². The summed E-state index contributed by atoms with van der Waals surface area (Å²) in [6, 6.07) is 5.04. The summed E-state index contributed by atoms with van der Waals surface area (Å²) in [5.74, 6) is 0.660. The molecule has 8 heteroatoms. The van der Waals surface area contributed by atoms with Gasteiger partial charge in [-0.05, 0) is 43.4 Å². The second-order valence-corrected chi connectivity index (χ2v) is 7.44. The number of nitrogens with one attached hydrogen (secondary N) is 2. The van der Waals surface area contributed by atoms with Crippen LogP contribution in [-0.2, 0) is 0 Å². The van der Waals surface area contributed by atoms with Crippen molar-refractivity contribution < 1.29 is 4.79 Å². The van der Waals surface area contributed by atoms with Crippen LogP contribution in [-0.4, -0.2) is 29.3 Å². The lowest BCUT2D eigenvalue weighted by Crippen LogP contribution is -2.34. The minimum Gasteiger partial charge on any atom is -0.346 e. The van der Waals surface area contributed by atoms with E-state index >= 15 is 0 Å². The van der Waals surface area contributed by atoms with E-state index in [0.717, 1.165) is 30.2 Å². The van der Waals surface area contributed by atoms with Crippen molar-refractivity contribution in [3.8, 4) is 0 Å². The lowest BCUT2D eigenvalue weighted by molar-refractivity contribution is 0.262. The molecule has 0 aliphatic carbocycles. The summed E-state index contributed by atoms with van der Waals surface area (Å²) in [6.07, 6.45) is 2.42. The number of carbonyl (C=O) groups is 1. The van der Waals surface area contributed by atoms with Gasteiger partial charge in [0.1, 0.15) is 0 Å². The minimum absolute atomic E-state index is 0.352. The van der Waals surface area contributed by atoms with Gasteiger partial charge in [-0.1, -0.05) is 35.9 Å². The third-order valence-corrected chi connectivity index (χ3v) is 5.39. The second kappa shape index (κ2) is 7.36. The SMILES string of the molecule is Cc1c(Cl)cccc1NC(=O)Nc1nnc(N2CCCC(C)C2)s1. The highest BCUT2D eigenvalue weighted by molar-refractivity contribution is 7.19. The molecule has 0 radical (unpaired) electrons.